The van der Waals surface area contributed by atoms with E-state index in [1.165, 1.54) is 0 Å². The van der Waals surface area contributed by atoms with E-state index in [2.05, 4.69) is 5.32 Å². The number of rotatable bonds is 3. The minimum atomic E-state index is -0.157. The molecule has 0 fully saturated rings. The van der Waals surface area contributed by atoms with E-state index in [1.807, 2.05) is 32.0 Å². The fourth-order valence-electron chi connectivity index (χ4n) is 1.63. The molecule has 0 aliphatic heterocycles. The van der Waals surface area contributed by atoms with Crippen LogP contribution < -0.4 is 11.1 Å². The van der Waals surface area contributed by atoms with Gasteiger partial charge in [0.25, 0.3) is 5.91 Å². The van der Waals surface area contributed by atoms with Crippen LogP contribution in [-0.4, -0.2) is 5.91 Å². The summed E-state index contributed by atoms with van der Waals surface area (Å²) in [5, 5.41) is 2.79. The van der Waals surface area contributed by atoms with Crippen LogP contribution in [0.2, 0.25) is 0 Å². The molecule has 0 aliphatic rings. The van der Waals surface area contributed by atoms with Gasteiger partial charge in [-0.05, 0) is 43.7 Å². The summed E-state index contributed by atoms with van der Waals surface area (Å²) in [6, 6.07) is 8.98. The highest BCUT2D eigenvalue weighted by Crippen LogP contribution is 2.13. The highest BCUT2D eigenvalue weighted by molar-refractivity contribution is 5.95. The van der Waals surface area contributed by atoms with E-state index in [0.717, 1.165) is 17.1 Å². The number of benzene rings is 1. The first-order valence-corrected chi connectivity index (χ1v) is 5.76. The minimum absolute atomic E-state index is 0.157. The molecule has 2 aromatic rings. The maximum Gasteiger partial charge on any atom is 0.251 e. The zero-order valence-electron chi connectivity index (χ0n) is 10.5. The SMILES string of the molecule is Cc1ccc(CNC(=O)c2ccc(C)c(N)c2)o1. The average Bonchev–Trinajstić information content (AvgIpc) is 2.75. The normalized spacial score (nSPS) is 10.3. The lowest BCUT2D eigenvalue weighted by atomic mass is 10.1. The van der Waals surface area contributed by atoms with Crippen molar-refractivity contribution >= 4 is 11.6 Å². The van der Waals surface area contributed by atoms with Gasteiger partial charge in [-0.25, -0.2) is 0 Å². The monoisotopic (exact) mass is 244 g/mol. The third kappa shape index (κ3) is 2.71. The van der Waals surface area contributed by atoms with Crippen LogP contribution in [0.4, 0.5) is 5.69 Å². The maximum absolute atomic E-state index is 11.9. The first kappa shape index (κ1) is 12.2. The van der Waals surface area contributed by atoms with Crippen molar-refractivity contribution in [3.63, 3.8) is 0 Å². The number of hydrogen-bond acceptors (Lipinski definition) is 3. The van der Waals surface area contributed by atoms with Gasteiger partial charge in [0.1, 0.15) is 11.5 Å². The molecule has 0 atom stereocenters. The summed E-state index contributed by atoms with van der Waals surface area (Å²) in [5.41, 5.74) is 7.92. The summed E-state index contributed by atoms with van der Waals surface area (Å²) in [4.78, 5) is 11.9. The Kier molecular flexibility index (Phi) is 3.37. The lowest BCUT2D eigenvalue weighted by molar-refractivity contribution is 0.0948. The zero-order chi connectivity index (χ0) is 13.1. The first-order valence-electron chi connectivity index (χ1n) is 5.76. The number of anilines is 1. The molecule has 18 heavy (non-hydrogen) atoms. The number of furan rings is 1. The molecule has 3 N–H and O–H groups in total. The number of amides is 1. The van der Waals surface area contributed by atoms with Crippen molar-refractivity contribution in [1.82, 2.24) is 5.32 Å². The predicted molar refractivity (Wildman–Crippen MR) is 70.2 cm³/mol. The van der Waals surface area contributed by atoms with Crippen LogP contribution in [0.1, 0.15) is 27.4 Å². The minimum Gasteiger partial charge on any atom is -0.465 e. The van der Waals surface area contributed by atoms with Crippen molar-refractivity contribution in [2.75, 3.05) is 5.73 Å². The fourth-order valence-corrected chi connectivity index (χ4v) is 1.63. The third-order valence-corrected chi connectivity index (χ3v) is 2.76. The van der Waals surface area contributed by atoms with E-state index in [0.29, 0.717) is 17.8 Å². The van der Waals surface area contributed by atoms with Crippen molar-refractivity contribution in [3.8, 4) is 0 Å². The van der Waals surface area contributed by atoms with Crippen LogP contribution in [0.15, 0.2) is 34.7 Å². The third-order valence-electron chi connectivity index (χ3n) is 2.76. The molecule has 0 aliphatic carbocycles. The van der Waals surface area contributed by atoms with Crippen molar-refractivity contribution in [1.29, 1.82) is 0 Å². The Morgan fingerprint density at radius 3 is 2.67 bits per heavy atom. The van der Waals surface area contributed by atoms with Crippen LogP contribution in [0.3, 0.4) is 0 Å². The molecule has 1 aromatic carbocycles. The maximum atomic E-state index is 11.9. The van der Waals surface area contributed by atoms with Crippen molar-refractivity contribution in [2.45, 2.75) is 20.4 Å². The molecule has 0 bridgehead atoms. The molecule has 4 heteroatoms. The Balaban J connectivity index is 2.01. The van der Waals surface area contributed by atoms with Crippen LogP contribution in [-0.2, 0) is 6.54 Å². The lowest BCUT2D eigenvalue weighted by Gasteiger charge is -2.05. The van der Waals surface area contributed by atoms with Crippen LogP contribution in [0, 0.1) is 13.8 Å². The second-order valence-electron chi connectivity index (χ2n) is 4.27. The molecular weight excluding hydrogens is 228 g/mol. The van der Waals surface area contributed by atoms with Crippen molar-refractivity contribution in [3.05, 3.63) is 53.0 Å². The van der Waals surface area contributed by atoms with Gasteiger partial charge in [0.15, 0.2) is 0 Å². The quantitative estimate of drug-likeness (QED) is 0.815. The first-order chi connectivity index (χ1) is 8.56. The Bertz CT molecular complexity index is 573. The molecule has 0 radical (unpaired) electrons. The van der Waals surface area contributed by atoms with Gasteiger partial charge in [-0.2, -0.15) is 0 Å². The number of carbonyl (C=O) groups excluding carboxylic acids is 1. The van der Waals surface area contributed by atoms with E-state index < -0.39 is 0 Å². The molecule has 1 amide bonds. The van der Waals surface area contributed by atoms with Gasteiger partial charge in [0.2, 0.25) is 0 Å². The summed E-state index contributed by atoms with van der Waals surface area (Å²) >= 11 is 0. The Morgan fingerprint density at radius 1 is 1.28 bits per heavy atom. The van der Waals surface area contributed by atoms with E-state index in [4.69, 9.17) is 10.2 Å². The Morgan fingerprint density at radius 2 is 2.06 bits per heavy atom. The molecule has 0 saturated heterocycles. The Hall–Kier alpha value is -2.23. The van der Waals surface area contributed by atoms with Crippen LogP contribution in [0.25, 0.3) is 0 Å². The van der Waals surface area contributed by atoms with Gasteiger partial charge < -0.3 is 15.5 Å². The number of nitrogens with one attached hydrogen (secondary N) is 1. The van der Waals surface area contributed by atoms with Gasteiger partial charge in [0, 0.05) is 11.3 Å². The molecule has 0 spiro atoms. The van der Waals surface area contributed by atoms with Gasteiger partial charge in [-0.1, -0.05) is 6.07 Å². The smallest absolute Gasteiger partial charge is 0.251 e. The molecular formula is C14H16N2O2. The molecule has 0 unspecified atom stereocenters. The average molecular weight is 244 g/mol. The van der Waals surface area contributed by atoms with Gasteiger partial charge in [0.05, 0.1) is 6.54 Å². The summed E-state index contributed by atoms with van der Waals surface area (Å²) in [6.45, 7) is 4.15. The fraction of sp³-hybridized carbons (Fsp3) is 0.214. The second kappa shape index (κ2) is 4.96. The summed E-state index contributed by atoms with van der Waals surface area (Å²) < 4.78 is 5.37. The number of carbonyl (C=O) groups is 1. The van der Waals surface area contributed by atoms with Crippen molar-refractivity contribution in [2.24, 2.45) is 0 Å². The molecule has 4 nitrogen and oxygen atoms in total. The van der Waals surface area contributed by atoms with E-state index in [1.54, 1.807) is 12.1 Å². The standard InChI is InChI=1S/C14H16N2O2/c1-9-3-5-11(7-13(9)15)14(17)16-8-12-6-4-10(2)18-12/h3-7H,8,15H2,1-2H3,(H,16,17). The van der Waals surface area contributed by atoms with Crippen LogP contribution in [0.5, 0.6) is 0 Å². The molecule has 0 saturated carbocycles. The molecule has 2 rings (SSSR count). The number of nitrogens with two attached hydrogens (primary N) is 1. The summed E-state index contributed by atoms with van der Waals surface area (Å²) in [5.74, 6) is 1.41. The highest BCUT2D eigenvalue weighted by Gasteiger charge is 2.07. The zero-order valence-corrected chi connectivity index (χ0v) is 10.5. The summed E-state index contributed by atoms with van der Waals surface area (Å²) in [7, 11) is 0. The number of hydrogen-bond donors (Lipinski definition) is 2. The predicted octanol–water partition coefficient (Wildman–Crippen LogP) is 2.41. The molecule has 1 heterocycles. The largest absolute Gasteiger partial charge is 0.465 e. The van der Waals surface area contributed by atoms with Gasteiger partial charge >= 0.3 is 0 Å². The highest BCUT2D eigenvalue weighted by atomic mass is 16.3. The Labute approximate surface area is 106 Å². The van der Waals surface area contributed by atoms with Gasteiger partial charge in [-0.3, -0.25) is 4.79 Å². The van der Waals surface area contributed by atoms with Crippen LogP contribution >= 0.6 is 0 Å². The second-order valence-corrected chi connectivity index (χ2v) is 4.27. The number of aryl methyl sites for hydroxylation is 2. The van der Waals surface area contributed by atoms with E-state index in [-0.39, 0.29) is 5.91 Å². The topological polar surface area (TPSA) is 68.3 Å². The van der Waals surface area contributed by atoms with E-state index in [9.17, 15) is 4.79 Å². The molecule has 1 aromatic heterocycles. The summed E-state index contributed by atoms with van der Waals surface area (Å²) in [6.07, 6.45) is 0. The van der Waals surface area contributed by atoms with Crippen molar-refractivity contribution < 1.29 is 9.21 Å². The van der Waals surface area contributed by atoms with Gasteiger partial charge in [-0.15, -0.1) is 0 Å². The molecule has 94 valence electrons. The van der Waals surface area contributed by atoms with E-state index >= 15 is 0 Å². The number of nitrogen functional groups attached to an aromatic ring is 1. The lowest BCUT2D eigenvalue weighted by Crippen LogP contribution is -2.22.